The van der Waals surface area contributed by atoms with Gasteiger partial charge in [-0.3, -0.25) is 0 Å². The summed E-state index contributed by atoms with van der Waals surface area (Å²) in [6.07, 6.45) is 0. The van der Waals surface area contributed by atoms with Crippen LogP contribution in [0, 0.1) is 0 Å². The smallest absolute Gasteiger partial charge is 1.00 e. The summed E-state index contributed by atoms with van der Waals surface area (Å²) in [6.45, 7) is 0. The molecule has 3 N–H and O–H groups in total. The first kappa shape index (κ1) is 15.9. The third-order valence-electron chi connectivity index (χ3n) is 0. The fraction of sp³-hybridized carbons (Fsp3) is 0. The first-order chi connectivity index (χ1) is 1.73. The van der Waals surface area contributed by atoms with Crippen LogP contribution in [0.5, 0.6) is 0 Å². The van der Waals surface area contributed by atoms with Crippen LogP contribution in [0.15, 0.2) is 0 Å². The molecule has 0 rings (SSSR count). The van der Waals surface area contributed by atoms with E-state index in [1.165, 1.54) is 0 Å². The van der Waals surface area contributed by atoms with Crippen molar-refractivity contribution in [3.8, 4) is 0 Å². The van der Waals surface area contributed by atoms with Gasteiger partial charge in [0.1, 0.15) is 0 Å². The molecule has 0 heterocycles. The first-order valence-corrected chi connectivity index (χ1v) is 1.80. The maximum atomic E-state index is 7.23. The van der Waals surface area contributed by atoms with E-state index in [9.17, 15) is 0 Å². The predicted octanol–water partition coefficient (Wildman–Crippen LogP) is -1.12. The number of rotatable bonds is 0. The molecule has 0 saturated heterocycles. The minimum absolute atomic E-state index is 0. The summed E-state index contributed by atoms with van der Waals surface area (Å²) in [4.78, 5) is 21.7. The molecule has 0 fully saturated rings. The van der Waals surface area contributed by atoms with Gasteiger partial charge in [-0.25, -0.2) is 0 Å². The van der Waals surface area contributed by atoms with Crippen molar-refractivity contribution in [3.63, 3.8) is 0 Å². The largest absolute Gasteiger partial charge is 2.00 e. The van der Waals surface area contributed by atoms with Crippen LogP contribution < -0.4 is 0 Å². The van der Waals surface area contributed by atoms with Crippen LogP contribution in [0.4, 0.5) is 0 Å². The summed E-state index contributed by atoms with van der Waals surface area (Å²) < 4.78 is 0. The van der Waals surface area contributed by atoms with E-state index in [4.69, 9.17) is 14.7 Å². The zero-order valence-corrected chi connectivity index (χ0v) is 8.51. The molecule has 6 heteroatoms. The molecular formula is H7Ca2O3P. The Kier molecular flexibility index (Phi) is 28.5. The van der Waals surface area contributed by atoms with Crippen molar-refractivity contribution in [2.24, 2.45) is 0 Å². The van der Waals surface area contributed by atoms with E-state index >= 15 is 0 Å². The zero-order chi connectivity index (χ0) is 3.58. The molecule has 0 aliphatic heterocycles. The Labute approximate surface area is 103 Å². The van der Waals surface area contributed by atoms with Gasteiger partial charge in [0.15, 0.2) is 0 Å². The van der Waals surface area contributed by atoms with Crippen molar-refractivity contribution < 1.29 is 20.4 Å². The van der Waals surface area contributed by atoms with Gasteiger partial charge in [0.05, 0.1) is 0 Å². The van der Waals surface area contributed by atoms with Crippen molar-refractivity contribution in [1.82, 2.24) is 0 Å². The second-order valence-electron chi connectivity index (χ2n) is 0.268. The van der Waals surface area contributed by atoms with Gasteiger partial charge < -0.3 is 20.4 Å². The van der Waals surface area contributed by atoms with Gasteiger partial charge in [-0.2, -0.15) is 0 Å². The molecule has 0 aromatic rings. The topological polar surface area (TPSA) is 60.7 Å². The van der Waals surface area contributed by atoms with Crippen LogP contribution in [0.25, 0.3) is 0 Å². The third kappa shape index (κ3) is 29.0. The minimum Gasteiger partial charge on any atom is -1.00 e. The summed E-state index contributed by atoms with van der Waals surface area (Å²) in [5.74, 6) is 0. The van der Waals surface area contributed by atoms with Gasteiger partial charge in [-0.1, -0.05) is 0 Å². The molecule has 0 aliphatic carbocycles. The minimum atomic E-state index is -2.62. The van der Waals surface area contributed by atoms with Crippen LogP contribution >= 0.6 is 8.60 Å². The fourth-order valence-corrected chi connectivity index (χ4v) is 0. The first-order valence-electron chi connectivity index (χ1n) is 0.600. The fourth-order valence-electron chi connectivity index (χ4n) is 0. The van der Waals surface area contributed by atoms with Crippen molar-refractivity contribution in [2.75, 3.05) is 0 Å². The van der Waals surface area contributed by atoms with Gasteiger partial charge in [0, 0.05) is 0 Å². The van der Waals surface area contributed by atoms with E-state index in [-0.39, 0.29) is 81.2 Å². The monoisotopic (exact) mass is 166 g/mol. The van der Waals surface area contributed by atoms with Gasteiger partial charge in [0.25, 0.3) is 0 Å². The Morgan fingerprint density at radius 1 is 1.00 bits per heavy atom. The Hall–Kier alpha value is 2.83. The van der Waals surface area contributed by atoms with E-state index in [1.54, 1.807) is 0 Å². The molecule has 0 atom stereocenters. The Bertz CT molecular complexity index is 23.2. The van der Waals surface area contributed by atoms with Crippen LogP contribution in [0.3, 0.4) is 0 Å². The zero-order valence-electron chi connectivity index (χ0n) is 7.20. The quantitative estimate of drug-likeness (QED) is 0.315. The third-order valence-corrected chi connectivity index (χ3v) is 0. The molecule has 0 saturated carbocycles. The van der Waals surface area contributed by atoms with Crippen LogP contribution in [0.1, 0.15) is 5.71 Å². The molecule has 0 aliphatic rings. The average molecular weight is 166 g/mol. The van der Waals surface area contributed by atoms with E-state index in [2.05, 4.69) is 0 Å². The van der Waals surface area contributed by atoms with Crippen molar-refractivity contribution >= 4 is 84.1 Å². The summed E-state index contributed by atoms with van der Waals surface area (Å²) in [6, 6.07) is 0. The molecule has 0 bridgehead atoms. The molecule has 34 valence electrons. The van der Waals surface area contributed by atoms with Crippen LogP contribution in [0.2, 0.25) is 0 Å². The molecular weight excluding hydrogens is 159 g/mol. The maximum absolute atomic E-state index is 7.23. The summed E-state index contributed by atoms with van der Waals surface area (Å²) in [5, 5.41) is 0. The molecule has 0 aromatic carbocycles. The van der Waals surface area contributed by atoms with E-state index in [1.807, 2.05) is 0 Å². The Morgan fingerprint density at radius 2 is 1.00 bits per heavy atom. The summed E-state index contributed by atoms with van der Waals surface area (Å²) in [5.41, 5.74) is 0. The summed E-state index contributed by atoms with van der Waals surface area (Å²) >= 11 is 0. The second-order valence-corrected chi connectivity index (χ2v) is 0.805. The standard InChI is InChI=1S/2Ca.H3O3P.4H/c;;1-4(2)3;;;;/h;;1-3H;;;;/q2*+2;;4*-1. The normalized spacial score (nSPS) is 6.00. The van der Waals surface area contributed by atoms with E-state index in [0.717, 1.165) is 0 Å². The average Bonchev–Trinajstić information content (AvgIpc) is 0.811. The molecule has 0 unspecified atom stereocenters. The predicted molar refractivity (Wildman–Crippen MR) is 29.5 cm³/mol. The van der Waals surface area contributed by atoms with E-state index < -0.39 is 8.60 Å². The molecule has 0 spiro atoms. The molecule has 0 radical (unpaired) electrons. The molecule has 3 nitrogen and oxygen atoms in total. The van der Waals surface area contributed by atoms with Crippen LogP contribution in [-0.4, -0.2) is 90.2 Å². The van der Waals surface area contributed by atoms with Crippen LogP contribution in [-0.2, 0) is 0 Å². The second kappa shape index (κ2) is 10.7. The van der Waals surface area contributed by atoms with Gasteiger partial charge in [0.2, 0.25) is 0 Å². The molecule has 6 heavy (non-hydrogen) atoms. The SMILES string of the molecule is OP(O)O.[Ca+2].[Ca+2].[H-].[H-].[H-].[H-]. The van der Waals surface area contributed by atoms with Gasteiger partial charge in [-0.05, 0) is 0 Å². The molecule has 0 amide bonds. The number of hydrogen-bond donors (Lipinski definition) is 3. The van der Waals surface area contributed by atoms with Crippen molar-refractivity contribution in [3.05, 3.63) is 0 Å². The van der Waals surface area contributed by atoms with Crippen molar-refractivity contribution in [2.45, 2.75) is 0 Å². The van der Waals surface area contributed by atoms with Gasteiger partial charge in [-0.15, -0.1) is 0 Å². The van der Waals surface area contributed by atoms with Crippen molar-refractivity contribution in [1.29, 1.82) is 0 Å². The van der Waals surface area contributed by atoms with E-state index in [0.29, 0.717) is 0 Å². The maximum Gasteiger partial charge on any atom is 2.00 e. The number of hydrogen-bond acceptors (Lipinski definition) is 3. The molecule has 0 aromatic heterocycles. The Morgan fingerprint density at radius 3 is 1.00 bits per heavy atom. The van der Waals surface area contributed by atoms with Gasteiger partial charge >= 0.3 is 84.1 Å². The Balaban J connectivity index is -0.00000000300. The summed E-state index contributed by atoms with van der Waals surface area (Å²) in [7, 11) is -2.62.